The van der Waals surface area contributed by atoms with E-state index in [-0.39, 0.29) is 10.7 Å². The molecule has 1 nitrogen and oxygen atoms in total. The predicted octanol–water partition coefficient (Wildman–Crippen LogP) is 4.36. The molecule has 9 heteroatoms. The molecule has 0 aromatic carbocycles. The van der Waals surface area contributed by atoms with Gasteiger partial charge in [-0.1, -0.05) is 0 Å². The number of alkyl halides is 6. The summed E-state index contributed by atoms with van der Waals surface area (Å²) >= 11 is 0.463. The van der Waals surface area contributed by atoms with Gasteiger partial charge in [0.2, 0.25) is 0 Å². The number of allylic oxidation sites excluding steroid dienone is 2. The van der Waals surface area contributed by atoms with Gasteiger partial charge in [0.15, 0.2) is 5.83 Å². The Hall–Kier alpha value is -1.12. The Morgan fingerprint density at radius 1 is 0.947 bits per heavy atom. The molecular formula is C10H6F7NS. The minimum Gasteiger partial charge on any atom is -0.246 e. The molecule has 1 heterocycles. The molecule has 1 aliphatic rings. The smallest absolute Gasteiger partial charge is 0.246 e. The molecule has 0 unspecified atom stereocenters. The van der Waals surface area contributed by atoms with E-state index < -0.39 is 34.0 Å². The third-order valence-electron chi connectivity index (χ3n) is 2.73. The van der Waals surface area contributed by atoms with Crippen LogP contribution in [-0.4, -0.2) is 22.8 Å². The number of nitrogens with zero attached hydrogens (tertiary/aromatic N) is 1. The fraction of sp³-hybridized carbons (Fsp3) is 0.500. The average molecular weight is 305 g/mol. The Labute approximate surface area is 106 Å². The van der Waals surface area contributed by atoms with Crippen LogP contribution in [0, 0.1) is 13.8 Å². The van der Waals surface area contributed by atoms with E-state index in [0.29, 0.717) is 11.3 Å². The first-order chi connectivity index (χ1) is 8.44. The summed E-state index contributed by atoms with van der Waals surface area (Å²) in [6.07, 6.45) is 0. The summed E-state index contributed by atoms with van der Waals surface area (Å²) in [6, 6.07) is 0. The summed E-state index contributed by atoms with van der Waals surface area (Å²) in [5, 5.41) is 0.183. The molecule has 0 saturated heterocycles. The number of hydrogen-bond acceptors (Lipinski definition) is 2. The quantitative estimate of drug-likeness (QED) is 0.703. The van der Waals surface area contributed by atoms with Crippen molar-refractivity contribution in [1.29, 1.82) is 0 Å². The highest BCUT2D eigenvalue weighted by molar-refractivity contribution is 7.12. The fourth-order valence-electron chi connectivity index (χ4n) is 1.79. The van der Waals surface area contributed by atoms with Gasteiger partial charge < -0.3 is 0 Å². The molecule has 0 aliphatic heterocycles. The molecule has 0 atom stereocenters. The lowest BCUT2D eigenvalue weighted by molar-refractivity contribution is -0.263. The topological polar surface area (TPSA) is 12.9 Å². The van der Waals surface area contributed by atoms with E-state index in [9.17, 15) is 30.7 Å². The maximum atomic E-state index is 13.5. The third kappa shape index (κ3) is 1.56. The predicted molar refractivity (Wildman–Crippen MR) is 54.5 cm³/mol. The Morgan fingerprint density at radius 2 is 1.47 bits per heavy atom. The highest BCUT2D eigenvalue weighted by atomic mass is 32.1. The molecule has 19 heavy (non-hydrogen) atoms. The molecule has 1 aliphatic carbocycles. The van der Waals surface area contributed by atoms with Crippen molar-refractivity contribution in [3.63, 3.8) is 0 Å². The van der Waals surface area contributed by atoms with Crippen LogP contribution in [0.2, 0.25) is 0 Å². The van der Waals surface area contributed by atoms with Crippen molar-refractivity contribution in [2.75, 3.05) is 0 Å². The van der Waals surface area contributed by atoms with Gasteiger partial charge in [0, 0.05) is 0 Å². The van der Waals surface area contributed by atoms with Crippen LogP contribution in [0.3, 0.4) is 0 Å². The van der Waals surface area contributed by atoms with Gasteiger partial charge >= 0.3 is 17.8 Å². The lowest BCUT2D eigenvalue weighted by atomic mass is 10.1. The van der Waals surface area contributed by atoms with Crippen molar-refractivity contribution in [3.8, 4) is 0 Å². The van der Waals surface area contributed by atoms with Gasteiger partial charge in [-0.05, 0) is 13.8 Å². The minimum atomic E-state index is -5.80. The third-order valence-corrected chi connectivity index (χ3v) is 3.82. The van der Waals surface area contributed by atoms with E-state index >= 15 is 0 Å². The Bertz CT molecular complexity index is 572. The largest absolute Gasteiger partial charge is 0.383 e. The van der Waals surface area contributed by atoms with E-state index in [1.807, 2.05) is 0 Å². The van der Waals surface area contributed by atoms with Crippen LogP contribution in [-0.2, 0) is 0 Å². The molecule has 0 saturated carbocycles. The number of aromatic nitrogens is 1. The molecule has 0 radical (unpaired) electrons. The van der Waals surface area contributed by atoms with Crippen molar-refractivity contribution in [3.05, 3.63) is 21.4 Å². The zero-order chi connectivity index (χ0) is 14.8. The molecule has 106 valence electrons. The first kappa shape index (κ1) is 14.3. The van der Waals surface area contributed by atoms with Gasteiger partial charge in [0.05, 0.1) is 21.2 Å². The number of halogens is 7. The fourth-order valence-corrected chi connectivity index (χ4v) is 2.78. The second-order valence-electron chi connectivity index (χ2n) is 4.06. The summed E-state index contributed by atoms with van der Waals surface area (Å²) in [7, 11) is 0. The Balaban J connectivity index is 2.75. The standard InChI is InChI=1S/C10H6F7NS/c1-3-6(19-4(2)18-3)5-7(11)9(14,15)10(16,17)8(5,12)13/h1-2H3. The Morgan fingerprint density at radius 3 is 1.79 bits per heavy atom. The van der Waals surface area contributed by atoms with Gasteiger partial charge in [0.25, 0.3) is 0 Å². The molecule has 0 amide bonds. The highest BCUT2D eigenvalue weighted by Gasteiger charge is 2.81. The zero-order valence-electron chi connectivity index (χ0n) is 9.50. The molecule has 1 aromatic heterocycles. The summed E-state index contributed by atoms with van der Waals surface area (Å²) < 4.78 is 92.4. The van der Waals surface area contributed by atoms with Crippen LogP contribution >= 0.6 is 11.3 Å². The van der Waals surface area contributed by atoms with E-state index in [4.69, 9.17) is 0 Å². The Kier molecular flexibility index (Phi) is 2.79. The molecule has 1 aromatic rings. The van der Waals surface area contributed by atoms with Crippen LogP contribution in [0.1, 0.15) is 15.6 Å². The van der Waals surface area contributed by atoms with E-state index in [2.05, 4.69) is 4.98 Å². The van der Waals surface area contributed by atoms with E-state index in [1.54, 1.807) is 0 Å². The number of hydrogen-bond donors (Lipinski definition) is 0. The van der Waals surface area contributed by atoms with Crippen LogP contribution in [0.5, 0.6) is 0 Å². The second-order valence-corrected chi connectivity index (χ2v) is 5.26. The van der Waals surface area contributed by atoms with Gasteiger partial charge in [-0.25, -0.2) is 9.37 Å². The van der Waals surface area contributed by atoms with Gasteiger partial charge in [0.1, 0.15) is 0 Å². The SMILES string of the molecule is Cc1nc(C)c(C2=C(F)C(F)(F)C(F)(F)C2(F)F)s1. The van der Waals surface area contributed by atoms with Crippen molar-refractivity contribution < 1.29 is 30.7 Å². The number of thiazole rings is 1. The lowest BCUT2D eigenvalue weighted by Gasteiger charge is -2.24. The number of rotatable bonds is 1. The zero-order valence-corrected chi connectivity index (χ0v) is 10.3. The highest BCUT2D eigenvalue weighted by Crippen LogP contribution is 2.63. The van der Waals surface area contributed by atoms with Crippen molar-refractivity contribution >= 4 is 16.9 Å². The van der Waals surface area contributed by atoms with Crippen molar-refractivity contribution in [2.45, 2.75) is 31.6 Å². The maximum Gasteiger partial charge on any atom is 0.383 e. The summed E-state index contributed by atoms with van der Waals surface area (Å²) in [4.78, 5) is 2.96. The minimum absolute atomic E-state index is 0.183. The summed E-state index contributed by atoms with van der Waals surface area (Å²) in [5.74, 6) is -19.4. The van der Waals surface area contributed by atoms with Crippen LogP contribution in [0.15, 0.2) is 5.83 Å². The first-order valence-electron chi connectivity index (χ1n) is 4.93. The van der Waals surface area contributed by atoms with E-state index in [1.165, 1.54) is 6.92 Å². The molecular weight excluding hydrogens is 299 g/mol. The maximum absolute atomic E-state index is 13.5. The van der Waals surface area contributed by atoms with E-state index in [0.717, 1.165) is 6.92 Å². The van der Waals surface area contributed by atoms with Crippen LogP contribution in [0.4, 0.5) is 30.7 Å². The van der Waals surface area contributed by atoms with Gasteiger partial charge in [-0.15, -0.1) is 11.3 Å². The molecule has 2 rings (SSSR count). The first-order valence-corrected chi connectivity index (χ1v) is 5.74. The lowest BCUT2D eigenvalue weighted by Crippen LogP contribution is -2.48. The molecule has 0 spiro atoms. The molecule has 0 fully saturated rings. The van der Waals surface area contributed by atoms with Crippen molar-refractivity contribution in [2.24, 2.45) is 0 Å². The van der Waals surface area contributed by atoms with Gasteiger partial charge in [-0.2, -0.15) is 26.3 Å². The monoisotopic (exact) mass is 305 g/mol. The summed E-state index contributed by atoms with van der Waals surface area (Å²) in [5.41, 5.74) is -2.16. The van der Waals surface area contributed by atoms with Crippen LogP contribution in [0.25, 0.3) is 5.57 Å². The number of aryl methyl sites for hydroxylation is 2. The normalized spacial score (nSPS) is 24.1. The summed E-state index contributed by atoms with van der Waals surface area (Å²) in [6.45, 7) is 2.52. The second kappa shape index (κ2) is 3.71. The molecule has 0 bridgehead atoms. The van der Waals surface area contributed by atoms with Crippen LogP contribution < -0.4 is 0 Å². The van der Waals surface area contributed by atoms with Gasteiger partial charge in [-0.3, -0.25) is 0 Å². The van der Waals surface area contributed by atoms with Crippen molar-refractivity contribution in [1.82, 2.24) is 4.98 Å². The average Bonchev–Trinajstić information content (AvgIpc) is 2.60. The molecule has 0 N–H and O–H groups in total.